The third kappa shape index (κ3) is 9.91. The highest BCUT2D eigenvalue weighted by Crippen LogP contribution is 2.40. The molecular formula is C28H56O4Si. The molecule has 5 atom stereocenters. The van der Waals surface area contributed by atoms with Crippen LogP contribution in [0.4, 0.5) is 0 Å². The third-order valence-electron chi connectivity index (χ3n) is 8.35. The van der Waals surface area contributed by atoms with Crippen LogP contribution in [0.25, 0.3) is 0 Å². The van der Waals surface area contributed by atoms with Crippen molar-refractivity contribution >= 4 is 8.32 Å². The lowest BCUT2D eigenvalue weighted by atomic mass is 10.0. The highest BCUT2D eigenvalue weighted by Gasteiger charge is 2.44. The van der Waals surface area contributed by atoms with E-state index in [1.807, 2.05) is 0 Å². The van der Waals surface area contributed by atoms with E-state index in [2.05, 4.69) is 40.8 Å². The predicted molar refractivity (Wildman–Crippen MR) is 141 cm³/mol. The molecule has 0 amide bonds. The molecule has 2 saturated heterocycles. The molecule has 0 aromatic rings. The van der Waals surface area contributed by atoms with E-state index in [4.69, 9.17) is 13.9 Å². The lowest BCUT2D eigenvalue weighted by Gasteiger charge is -2.41. The van der Waals surface area contributed by atoms with Crippen molar-refractivity contribution in [1.82, 2.24) is 0 Å². The van der Waals surface area contributed by atoms with Crippen LogP contribution in [0.2, 0.25) is 18.1 Å². The maximum Gasteiger partial charge on any atom is 0.192 e. The minimum absolute atomic E-state index is 0.00331. The summed E-state index contributed by atoms with van der Waals surface area (Å²) >= 11 is 0. The zero-order valence-corrected chi connectivity index (χ0v) is 23.9. The summed E-state index contributed by atoms with van der Waals surface area (Å²) in [7, 11) is -1.85. The van der Waals surface area contributed by atoms with Crippen LogP contribution in [0.5, 0.6) is 0 Å². The summed E-state index contributed by atoms with van der Waals surface area (Å²) in [5.41, 5.74) is 0. The quantitative estimate of drug-likeness (QED) is 0.179. The van der Waals surface area contributed by atoms with Gasteiger partial charge in [-0.2, -0.15) is 0 Å². The summed E-state index contributed by atoms with van der Waals surface area (Å²) in [6.07, 6.45) is 19.6. The molecule has 2 aliphatic heterocycles. The fourth-order valence-electron chi connectivity index (χ4n) is 5.09. The number of hydrogen-bond donors (Lipinski definition) is 1. The Morgan fingerprint density at radius 3 is 1.91 bits per heavy atom. The van der Waals surface area contributed by atoms with Crippen LogP contribution in [0, 0.1) is 0 Å². The van der Waals surface area contributed by atoms with Gasteiger partial charge in [-0.3, -0.25) is 0 Å². The van der Waals surface area contributed by atoms with Gasteiger partial charge in [-0.15, -0.1) is 0 Å². The fourth-order valence-corrected chi connectivity index (χ4v) is 6.47. The van der Waals surface area contributed by atoms with Gasteiger partial charge in [0.05, 0.1) is 37.1 Å². The SMILES string of the molecule is CCCCCCCCCCCC[C@H](O[Si](C)(C)C(C)(C)C)[C@H]1CC[C@H]([C@H]2CC[C@H](CO)O2)O1. The largest absolute Gasteiger partial charge is 0.411 e. The Labute approximate surface area is 206 Å². The van der Waals surface area contributed by atoms with Crippen LogP contribution in [0.1, 0.15) is 124 Å². The Balaban J connectivity index is 1.79. The third-order valence-corrected chi connectivity index (χ3v) is 12.9. The van der Waals surface area contributed by atoms with Crippen molar-refractivity contribution < 1.29 is 19.0 Å². The first-order chi connectivity index (χ1) is 15.7. The molecule has 0 unspecified atom stereocenters. The Hall–Kier alpha value is 0.0569. The molecule has 0 bridgehead atoms. The van der Waals surface area contributed by atoms with Crippen molar-refractivity contribution in [3.63, 3.8) is 0 Å². The number of ether oxygens (including phenoxy) is 2. The standard InChI is InChI=1S/C28H56O4Si/c1-7-8-9-10-11-12-13-14-15-16-17-27(32-33(5,6)28(2,3)4)26-21-20-25(31-26)24-19-18-23(22-29)30-24/h23-27,29H,7-22H2,1-6H3/t23-,24-,25-,26-,27+/m1/s1. The summed E-state index contributed by atoms with van der Waals surface area (Å²) in [5.74, 6) is 0. The van der Waals surface area contributed by atoms with E-state index >= 15 is 0 Å². The van der Waals surface area contributed by atoms with Gasteiger partial charge in [0, 0.05) is 0 Å². The molecule has 196 valence electrons. The van der Waals surface area contributed by atoms with E-state index in [0.29, 0.717) is 0 Å². The van der Waals surface area contributed by atoms with E-state index in [1.54, 1.807) is 0 Å². The summed E-state index contributed by atoms with van der Waals surface area (Å²) in [5, 5.41) is 9.62. The Kier molecular flexibility index (Phi) is 12.9. The normalized spacial score (nSPS) is 27.4. The molecule has 2 heterocycles. The first kappa shape index (κ1) is 29.3. The molecule has 5 heteroatoms. The molecule has 33 heavy (non-hydrogen) atoms. The van der Waals surface area contributed by atoms with Crippen molar-refractivity contribution in [2.24, 2.45) is 0 Å². The van der Waals surface area contributed by atoms with Gasteiger partial charge in [0.15, 0.2) is 8.32 Å². The highest BCUT2D eigenvalue weighted by molar-refractivity contribution is 6.74. The van der Waals surface area contributed by atoms with E-state index in [1.165, 1.54) is 64.2 Å². The number of aliphatic hydroxyl groups excluding tert-OH is 1. The van der Waals surface area contributed by atoms with E-state index in [-0.39, 0.29) is 42.2 Å². The van der Waals surface area contributed by atoms with Gasteiger partial charge in [-0.25, -0.2) is 0 Å². The molecule has 0 aromatic carbocycles. The topological polar surface area (TPSA) is 47.9 Å². The molecule has 2 aliphatic rings. The Morgan fingerprint density at radius 2 is 1.36 bits per heavy atom. The fraction of sp³-hybridized carbons (Fsp3) is 1.00. The second-order valence-corrected chi connectivity index (χ2v) is 17.0. The Morgan fingerprint density at radius 1 is 0.818 bits per heavy atom. The molecule has 4 nitrogen and oxygen atoms in total. The maximum atomic E-state index is 9.41. The number of rotatable bonds is 16. The van der Waals surface area contributed by atoms with Gasteiger partial charge in [0.1, 0.15) is 0 Å². The van der Waals surface area contributed by atoms with Crippen molar-refractivity contribution in [3.8, 4) is 0 Å². The van der Waals surface area contributed by atoms with Gasteiger partial charge in [-0.05, 0) is 50.2 Å². The van der Waals surface area contributed by atoms with Crippen molar-refractivity contribution in [2.45, 2.75) is 173 Å². The minimum Gasteiger partial charge on any atom is -0.411 e. The molecule has 0 saturated carbocycles. The number of aliphatic hydroxyl groups is 1. The second kappa shape index (κ2) is 14.6. The maximum absolute atomic E-state index is 9.41. The van der Waals surface area contributed by atoms with E-state index in [9.17, 15) is 5.11 Å². The summed E-state index contributed by atoms with van der Waals surface area (Å²) in [4.78, 5) is 0. The lowest BCUT2D eigenvalue weighted by molar-refractivity contribution is -0.0958. The van der Waals surface area contributed by atoms with Crippen LogP contribution in [-0.4, -0.2) is 50.6 Å². The Bertz CT molecular complexity index is 519. The number of unbranched alkanes of at least 4 members (excludes halogenated alkanes) is 9. The van der Waals surface area contributed by atoms with E-state index in [0.717, 1.165) is 32.1 Å². The van der Waals surface area contributed by atoms with Gasteiger partial charge < -0.3 is 19.0 Å². The van der Waals surface area contributed by atoms with Crippen molar-refractivity contribution in [3.05, 3.63) is 0 Å². The van der Waals surface area contributed by atoms with Crippen molar-refractivity contribution in [1.29, 1.82) is 0 Å². The summed E-state index contributed by atoms with van der Waals surface area (Å²) < 4.78 is 19.6. The van der Waals surface area contributed by atoms with Crippen LogP contribution in [-0.2, 0) is 13.9 Å². The summed E-state index contributed by atoms with van der Waals surface area (Å²) in [6, 6.07) is 0. The van der Waals surface area contributed by atoms with Gasteiger partial charge in [-0.1, -0.05) is 91.9 Å². The smallest absolute Gasteiger partial charge is 0.192 e. The lowest BCUT2D eigenvalue weighted by Crippen LogP contribution is -2.47. The van der Waals surface area contributed by atoms with Gasteiger partial charge in [0.25, 0.3) is 0 Å². The average Bonchev–Trinajstić information content (AvgIpc) is 3.42. The molecule has 0 aromatic heterocycles. The second-order valence-electron chi connectivity index (χ2n) is 12.2. The van der Waals surface area contributed by atoms with E-state index < -0.39 is 8.32 Å². The zero-order valence-electron chi connectivity index (χ0n) is 22.9. The summed E-state index contributed by atoms with van der Waals surface area (Å²) in [6.45, 7) is 14.1. The van der Waals surface area contributed by atoms with Gasteiger partial charge in [0.2, 0.25) is 0 Å². The molecule has 0 radical (unpaired) electrons. The van der Waals surface area contributed by atoms with Crippen LogP contribution in [0.15, 0.2) is 0 Å². The average molecular weight is 485 g/mol. The zero-order chi connectivity index (χ0) is 24.3. The van der Waals surface area contributed by atoms with Crippen LogP contribution < -0.4 is 0 Å². The molecule has 2 rings (SSSR count). The van der Waals surface area contributed by atoms with Gasteiger partial charge >= 0.3 is 0 Å². The van der Waals surface area contributed by atoms with Crippen LogP contribution >= 0.6 is 0 Å². The monoisotopic (exact) mass is 484 g/mol. The predicted octanol–water partition coefficient (Wildman–Crippen LogP) is 7.78. The minimum atomic E-state index is -1.85. The van der Waals surface area contributed by atoms with Crippen LogP contribution in [0.3, 0.4) is 0 Å². The van der Waals surface area contributed by atoms with Crippen molar-refractivity contribution in [2.75, 3.05) is 6.61 Å². The first-order valence-corrected chi connectivity index (χ1v) is 17.2. The molecule has 0 spiro atoms. The molecule has 1 N–H and O–H groups in total. The molecule has 0 aliphatic carbocycles. The highest BCUT2D eigenvalue weighted by atomic mass is 28.4. The molecule has 2 fully saturated rings. The number of hydrogen-bond acceptors (Lipinski definition) is 4. The first-order valence-electron chi connectivity index (χ1n) is 14.3. The molecular weight excluding hydrogens is 428 g/mol.